The Balaban J connectivity index is 1.80. The first kappa shape index (κ1) is 24.3. The minimum absolute atomic E-state index is 0.0860. The molecule has 6 nitrogen and oxygen atoms in total. The van der Waals surface area contributed by atoms with Crippen LogP contribution in [-0.2, 0) is 21.2 Å². The molecule has 1 amide bonds. The monoisotopic (exact) mass is 466 g/mol. The van der Waals surface area contributed by atoms with Crippen LogP contribution < -0.4 is 14.4 Å². The molecule has 3 aromatic rings. The summed E-state index contributed by atoms with van der Waals surface area (Å²) in [6.07, 6.45) is 3.23. The smallest absolute Gasteiger partial charge is 0.264 e. The minimum atomic E-state index is -3.97. The molecule has 0 saturated carbocycles. The second-order valence-corrected chi connectivity index (χ2v) is 9.46. The molecule has 0 unspecified atom stereocenters. The SMILES string of the molecule is CCCCc1ccc(NC(=O)CN(c2ccccc2)S(=O)(=O)c2ccc(OCC)cc2)cc1. The Morgan fingerprint density at radius 1 is 0.909 bits per heavy atom. The van der Waals surface area contributed by atoms with Crippen LogP contribution in [0.3, 0.4) is 0 Å². The highest BCUT2D eigenvalue weighted by atomic mass is 32.2. The molecule has 1 N–H and O–H groups in total. The fourth-order valence-electron chi connectivity index (χ4n) is 3.38. The van der Waals surface area contributed by atoms with Crippen molar-refractivity contribution in [3.8, 4) is 5.75 Å². The number of hydrogen-bond donors (Lipinski definition) is 1. The molecule has 174 valence electrons. The second kappa shape index (κ2) is 11.5. The molecule has 0 saturated heterocycles. The van der Waals surface area contributed by atoms with Gasteiger partial charge in [-0.3, -0.25) is 9.10 Å². The van der Waals surface area contributed by atoms with E-state index < -0.39 is 15.9 Å². The molecule has 0 aliphatic carbocycles. The van der Waals surface area contributed by atoms with Crippen molar-refractivity contribution < 1.29 is 17.9 Å². The van der Waals surface area contributed by atoms with E-state index in [1.165, 1.54) is 17.7 Å². The van der Waals surface area contributed by atoms with E-state index in [9.17, 15) is 13.2 Å². The van der Waals surface area contributed by atoms with Crippen LogP contribution in [0.15, 0.2) is 83.8 Å². The zero-order valence-electron chi connectivity index (χ0n) is 19.0. The summed E-state index contributed by atoms with van der Waals surface area (Å²) in [5, 5.41) is 2.81. The van der Waals surface area contributed by atoms with Crippen molar-refractivity contribution in [3.05, 3.63) is 84.4 Å². The second-order valence-electron chi connectivity index (χ2n) is 7.60. The number of unbranched alkanes of at least 4 members (excludes halogenated alkanes) is 1. The standard InChI is InChI=1S/C26H30N2O4S/c1-3-5-9-21-12-14-22(15-13-21)27-26(29)20-28(23-10-7-6-8-11-23)33(30,31)25-18-16-24(17-19-25)32-4-2/h6-8,10-19H,3-5,9,20H2,1-2H3,(H,27,29). The van der Waals surface area contributed by atoms with Crippen molar-refractivity contribution in [1.82, 2.24) is 0 Å². The predicted molar refractivity (Wildman–Crippen MR) is 132 cm³/mol. The number of hydrogen-bond acceptors (Lipinski definition) is 4. The van der Waals surface area contributed by atoms with Gasteiger partial charge in [0.2, 0.25) is 5.91 Å². The Morgan fingerprint density at radius 3 is 2.18 bits per heavy atom. The quantitative estimate of drug-likeness (QED) is 0.418. The third kappa shape index (κ3) is 6.58. The number of carbonyl (C=O) groups excluding carboxylic acids is 1. The van der Waals surface area contributed by atoms with E-state index in [4.69, 9.17) is 4.74 Å². The van der Waals surface area contributed by atoms with Gasteiger partial charge in [-0.05, 0) is 73.9 Å². The highest BCUT2D eigenvalue weighted by Gasteiger charge is 2.27. The summed E-state index contributed by atoms with van der Waals surface area (Å²) in [5.74, 6) is 0.164. The van der Waals surface area contributed by atoms with Crippen molar-refractivity contribution in [2.45, 2.75) is 38.0 Å². The van der Waals surface area contributed by atoms with Crippen molar-refractivity contribution in [2.24, 2.45) is 0 Å². The number of carbonyl (C=O) groups is 1. The lowest BCUT2D eigenvalue weighted by atomic mass is 10.1. The fraction of sp³-hybridized carbons (Fsp3) is 0.269. The highest BCUT2D eigenvalue weighted by Crippen LogP contribution is 2.25. The van der Waals surface area contributed by atoms with Gasteiger partial charge in [0.1, 0.15) is 12.3 Å². The summed E-state index contributed by atoms with van der Waals surface area (Å²) in [6.45, 7) is 4.15. The number of ether oxygens (including phenoxy) is 1. The van der Waals surface area contributed by atoms with E-state index in [-0.39, 0.29) is 11.4 Å². The Morgan fingerprint density at radius 2 is 1.58 bits per heavy atom. The number of para-hydroxylation sites is 1. The first-order chi connectivity index (χ1) is 15.9. The molecule has 0 aliphatic heterocycles. The summed E-state index contributed by atoms with van der Waals surface area (Å²) in [7, 11) is -3.97. The van der Waals surface area contributed by atoms with Crippen LogP contribution in [0.5, 0.6) is 5.75 Å². The Kier molecular flexibility index (Phi) is 8.49. The van der Waals surface area contributed by atoms with Crippen molar-refractivity contribution in [3.63, 3.8) is 0 Å². The van der Waals surface area contributed by atoms with Gasteiger partial charge in [0.15, 0.2) is 0 Å². The van der Waals surface area contributed by atoms with E-state index in [1.54, 1.807) is 42.5 Å². The van der Waals surface area contributed by atoms with Gasteiger partial charge >= 0.3 is 0 Å². The van der Waals surface area contributed by atoms with Gasteiger partial charge < -0.3 is 10.1 Å². The molecule has 0 bridgehead atoms. The van der Waals surface area contributed by atoms with Crippen LogP contribution in [0.2, 0.25) is 0 Å². The number of aryl methyl sites for hydroxylation is 1. The summed E-state index contributed by atoms with van der Waals surface area (Å²) in [4.78, 5) is 12.9. The lowest BCUT2D eigenvalue weighted by Crippen LogP contribution is -2.38. The van der Waals surface area contributed by atoms with Gasteiger partial charge in [-0.2, -0.15) is 0 Å². The van der Waals surface area contributed by atoms with Crippen LogP contribution in [0.4, 0.5) is 11.4 Å². The highest BCUT2D eigenvalue weighted by molar-refractivity contribution is 7.92. The number of anilines is 2. The summed E-state index contributed by atoms with van der Waals surface area (Å²) in [5.41, 5.74) is 2.25. The van der Waals surface area contributed by atoms with E-state index in [2.05, 4.69) is 12.2 Å². The average Bonchev–Trinajstić information content (AvgIpc) is 2.83. The molecular formula is C26H30N2O4S. The van der Waals surface area contributed by atoms with E-state index in [0.29, 0.717) is 23.7 Å². The number of sulfonamides is 1. The zero-order valence-corrected chi connectivity index (χ0v) is 19.8. The Bertz CT molecular complexity index is 1130. The molecule has 0 fully saturated rings. The van der Waals surface area contributed by atoms with Crippen molar-refractivity contribution in [2.75, 3.05) is 22.8 Å². The largest absolute Gasteiger partial charge is 0.494 e. The van der Waals surface area contributed by atoms with Crippen LogP contribution >= 0.6 is 0 Å². The van der Waals surface area contributed by atoms with Crippen LogP contribution in [0.25, 0.3) is 0 Å². The molecule has 0 atom stereocenters. The molecule has 0 heterocycles. The number of nitrogens with zero attached hydrogens (tertiary/aromatic N) is 1. The molecule has 0 radical (unpaired) electrons. The first-order valence-corrected chi connectivity index (χ1v) is 12.6. The van der Waals surface area contributed by atoms with Gasteiger partial charge in [0.25, 0.3) is 10.0 Å². The van der Waals surface area contributed by atoms with Crippen LogP contribution in [0.1, 0.15) is 32.3 Å². The number of benzene rings is 3. The van der Waals surface area contributed by atoms with Gasteiger partial charge in [0, 0.05) is 5.69 Å². The lowest BCUT2D eigenvalue weighted by molar-refractivity contribution is -0.114. The Labute approximate surface area is 196 Å². The maximum Gasteiger partial charge on any atom is 0.264 e. The number of nitrogens with one attached hydrogen (secondary N) is 1. The van der Waals surface area contributed by atoms with E-state index >= 15 is 0 Å². The van der Waals surface area contributed by atoms with Crippen molar-refractivity contribution >= 4 is 27.3 Å². The number of rotatable bonds is 11. The zero-order chi connectivity index (χ0) is 23.7. The van der Waals surface area contributed by atoms with Gasteiger partial charge in [-0.1, -0.05) is 43.7 Å². The third-order valence-corrected chi connectivity index (χ3v) is 6.90. The first-order valence-electron chi connectivity index (χ1n) is 11.1. The summed E-state index contributed by atoms with van der Waals surface area (Å²) >= 11 is 0. The van der Waals surface area contributed by atoms with Gasteiger partial charge in [-0.25, -0.2) is 8.42 Å². The van der Waals surface area contributed by atoms with E-state index in [1.807, 2.05) is 31.2 Å². The normalized spacial score (nSPS) is 11.1. The predicted octanol–water partition coefficient (Wildman–Crippen LogP) is 5.26. The Hall–Kier alpha value is -3.32. The van der Waals surface area contributed by atoms with E-state index in [0.717, 1.165) is 23.6 Å². The molecule has 0 spiro atoms. The minimum Gasteiger partial charge on any atom is -0.494 e. The molecule has 0 aromatic heterocycles. The van der Waals surface area contributed by atoms with Gasteiger partial charge in [0.05, 0.1) is 17.2 Å². The number of amides is 1. The van der Waals surface area contributed by atoms with Crippen LogP contribution in [-0.4, -0.2) is 27.5 Å². The third-order valence-electron chi connectivity index (χ3n) is 5.11. The van der Waals surface area contributed by atoms with Gasteiger partial charge in [-0.15, -0.1) is 0 Å². The summed E-state index contributed by atoms with van der Waals surface area (Å²) in [6, 6.07) is 22.5. The molecule has 7 heteroatoms. The maximum absolute atomic E-state index is 13.4. The lowest BCUT2D eigenvalue weighted by Gasteiger charge is -2.24. The fourth-order valence-corrected chi connectivity index (χ4v) is 4.80. The molecular weight excluding hydrogens is 436 g/mol. The molecule has 33 heavy (non-hydrogen) atoms. The van der Waals surface area contributed by atoms with Crippen LogP contribution in [0, 0.1) is 0 Å². The average molecular weight is 467 g/mol. The molecule has 0 aliphatic rings. The summed E-state index contributed by atoms with van der Waals surface area (Å²) < 4.78 is 33.4. The maximum atomic E-state index is 13.4. The topological polar surface area (TPSA) is 75.7 Å². The molecule has 3 aromatic carbocycles. The van der Waals surface area contributed by atoms with Crippen molar-refractivity contribution in [1.29, 1.82) is 0 Å². The molecule has 3 rings (SSSR count).